The molecule has 0 amide bonds. The molecule has 1 aromatic heterocycles. The van der Waals surface area contributed by atoms with E-state index in [9.17, 15) is 0 Å². The zero-order valence-electron chi connectivity index (χ0n) is 11.9. The molecule has 0 radical (unpaired) electrons. The predicted molar refractivity (Wildman–Crippen MR) is 74.6 cm³/mol. The van der Waals surface area contributed by atoms with Crippen molar-refractivity contribution >= 4 is 0 Å². The van der Waals surface area contributed by atoms with E-state index in [-0.39, 0.29) is 0 Å². The van der Waals surface area contributed by atoms with Crippen LogP contribution in [-0.2, 0) is 13.1 Å². The molecule has 2 heterocycles. The Morgan fingerprint density at radius 1 is 1.50 bits per heavy atom. The molecule has 0 aliphatic carbocycles. The monoisotopic (exact) mass is 250 g/mol. The summed E-state index contributed by atoms with van der Waals surface area (Å²) in [5.41, 5.74) is 2.55. The van der Waals surface area contributed by atoms with Gasteiger partial charge in [0.1, 0.15) is 0 Å². The molecule has 1 aliphatic heterocycles. The van der Waals surface area contributed by atoms with Gasteiger partial charge in [-0.2, -0.15) is 5.10 Å². The molecule has 18 heavy (non-hydrogen) atoms. The molecule has 1 aliphatic rings. The molecule has 0 saturated carbocycles. The number of rotatable bonds is 6. The lowest BCUT2D eigenvalue weighted by atomic mass is 10.2. The Morgan fingerprint density at radius 3 is 2.89 bits per heavy atom. The molecule has 0 aromatic carbocycles. The highest BCUT2D eigenvalue weighted by Crippen LogP contribution is 2.12. The third kappa shape index (κ3) is 3.33. The minimum Gasteiger partial charge on any atom is -0.313 e. The molecule has 0 unspecified atom stereocenters. The van der Waals surface area contributed by atoms with Crippen molar-refractivity contribution in [1.82, 2.24) is 20.0 Å². The van der Waals surface area contributed by atoms with Gasteiger partial charge in [0.25, 0.3) is 0 Å². The molecule has 4 nitrogen and oxygen atoms in total. The van der Waals surface area contributed by atoms with Crippen LogP contribution in [0.2, 0.25) is 0 Å². The molecule has 1 atom stereocenters. The third-order valence-electron chi connectivity index (χ3n) is 3.85. The van der Waals surface area contributed by atoms with Gasteiger partial charge in [-0.25, -0.2) is 0 Å². The standard InChI is InChI=1S/C14H26N4/c1-4-17(11-14-7-6-8-15-14)9-13-10-18(5-2)16-12(13)3/h10,14-15H,4-9,11H2,1-3H3/t14-/m1/s1. The first-order valence-electron chi connectivity index (χ1n) is 7.21. The van der Waals surface area contributed by atoms with Gasteiger partial charge < -0.3 is 5.32 Å². The summed E-state index contributed by atoms with van der Waals surface area (Å²) < 4.78 is 2.03. The third-order valence-corrected chi connectivity index (χ3v) is 3.85. The van der Waals surface area contributed by atoms with Gasteiger partial charge in [0.05, 0.1) is 5.69 Å². The van der Waals surface area contributed by atoms with E-state index in [0.717, 1.165) is 26.2 Å². The molecular weight excluding hydrogens is 224 g/mol. The molecule has 0 bridgehead atoms. The Kier molecular flexibility index (Phi) is 4.78. The maximum absolute atomic E-state index is 4.52. The van der Waals surface area contributed by atoms with Gasteiger partial charge in [-0.15, -0.1) is 0 Å². The fourth-order valence-corrected chi connectivity index (χ4v) is 2.65. The largest absolute Gasteiger partial charge is 0.313 e. The van der Waals surface area contributed by atoms with Crippen LogP contribution in [0.25, 0.3) is 0 Å². The lowest BCUT2D eigenvalue weighted by Gasteiger charge is -2.23. The summed E-state index contributed by atoms with van der Waals surface area (Å²) in [6, 6.07) is 0.687. The number of nitrogens with one attached hydrogen (secondary N) is 1. The molecule has 1 N–H and O–H groups in total. The van der Waals surface area contributed by atoms with Crippen LogP contribution in [0.15, 0.2) is 6.20 Å². The van der Waals surface area contributed by atoms with E-state index in [4.69, 9.17) is 0 Å². The summed E-state index contributed by atoms with van der Waals surface area (Å²) in [7, 11) is 0. The summed E-state index contributed by atoms with van der Waals surface area (Å²) in [6.07, 6.45) is 4.85. The highest BCUT2D eigenvalue weighted by molar-refractivity contribution is 5.15. The molecule has 2 rings (SSSR count). The number of hydrogen-bond acceptors (Lipinski definition) is 3. The lowest BCUT2D eigenvalue weighted by molar-refractivity contribution is 0.253. The summed E-state index contributed by atoms with van der Waals surface area (Å²) in [4.78, 5) is 2.52. The number of aryl methyl sites for hydroxylation is 2. The highest BCUT2D eigenvalue weighted by atomic mass is 15.3. The maximum atomic E-state index is 4.52. The van der Waals surface area contributed by atoms with Crippen LogP contribution in [0.1, 0.15) is 37.9 Å². The van der Waals surface area contributed by atoms with Gasteiger partial charge in [-0.3, -0.25) is 9.58 Å². The first kappa shape index (κ1) is 13.6. The van der Waals surface area contributed by atoms with Crippen molar-refractivity contribution in [3.63, 3.8) is 0 Å². The van der Waals surface area contributed by atoms with Crippen molar-refractivity contribution in [1.29, 1.82) is 0 Å². The van der Waals surface area contributed by atoms with E-state index in [1.54, 1.807) is 0 Å². The zero-order valence-corrected chi connectivity index (χ0v) is 11.9. The topological polar surface area (TPSA) is 33.1 Å². The fraction of sp³-hybridized carbons (Fsp3) is 0.786. The van der Waals surface area contributed by atoms with Crippen molar-refractivity contribution in [3.05, 3.63) is 17.5 Å². The van der Waals surface area contributed by atoms with E-state index in [1.807, 2.05) is 4.68 Å². The molecule has 1 aromatic rings. The Labute approximate surface area is 110 Å². The Hall–Kier alpha value is -0.870. The number of nitrogens with zero attached hydrogens (tertiary/aromatic N) is 3. The van der Waals surface area contributed by atoms with Gasteiger partial charge in [-0.1, -0.05) is 6.92 Å². The molecular formula is C14H26N4. The Morgan fingerprint density at radius 2 is 2.33 bits per heavy atom. The van der Waals surface area contributed by atoms with Gasteiger partial charge in [-0.05, 0) is 39.8 Å². The van der Waals surface area contributed by atoms with Crippen molar-refractivity contribution in [2.24, 2.45) is 0 Å². The molecule has 102 valence electrons. The minimum absolute atomic E-state index is 0.687. The molecule has 1 fully saturated rings. The summed E-state index contributed by atoms with van der Waals surface area (Å²) in [5.74, 6) is 0. The summed E-state index contributed by atoms with van der Waals surface area (Å²) >= 11 is 0. The minimum atomic E-state index is 0.687. The first-order valence-corrected chi connectivity index (χ1v) is 7.21. The number of hydrogen-bond donors (Lipinski definition) is 1. The van der Waals surface area contributed by atoms with Crippen molar-refractivity contribution in [3.8, 4) is 0 Å². The predicted octanol–water partition coefficient (Wildman–Crippen LogP) is 1.79. The van der Waals surface area contributed by atoms with Crippen molar-refractivity contribution in [2.75, 3.05) is 19.6 Å². The second-order valence-electron chi connectivity index (χ2n) is 5.22. The number of likely N-dealkylation sites (N-methyl/N-ethyl adjacent to an activating group) is 1. The van der Waals surface area contributed by atoms with E-state index in [2.05, 4.69) is 42.3 Å². The van der Waals surface area contributed by atoms with Crippen molar-refractivity contribution < 1.29 is 0 Å². The van der Waals surface area contributed by atoms with Gasteiger partial charge >= 0.3 is 0 Å². The molecule has 0 spiro atoms. The van der Waals surface area contributed by atoms with E-state index in [0.29, 0.717) is 6.04 Å². The van der Waals surface area contributed by atoms with Crippen LogP contribution in [-0.4, -0.2) is 40.4 Å². The van der Waals surface area contributed by atoms with Gasteiger partial charge in [0, 0.05) is 37.4 Å². The van der Waals surface area contributed by atoms with Crippen LogP contribution in [0.3, 0.4) is 0 Å². The van der Waals surface area contributed by atoms with Crippen LogP contribution in [0.5, 0.6) is 0 Å². The quantitative estimate of drug-likeness (QED) is 0.835. The SMILES string of the molecule is CCN(Cc1cn(CC)nc1C)C[C@H]1CCCN1. The molecule has 1 saturated heterocycles. The van der Waals surface area contributed by atoms with Gasteiger partial charge in [0.2, 0.25) is 0 Å². The van der Waals surface area contributed by atoms with Crippen molar-refractivity contribution in [2.45, 2.75) is 52.7 Å². The number of aromatic nitrogens is 2. The second kappa shape index (κ2) is 6.34. The summed E-state index contributed by atoms with van der Waals surface area (Å²) in [5, 5.41) is 8.10. The second-order valence-corrected chi connectivity index (χ2v) is 5.22. The van der Waals surface area contributed by atoms with E-state index >= 15 is 0 Å². The Bertz CT molecular complexity index is 366. The Balaban J connectivity index is 1.93. The van der Waals surface area contributed by atoms with Crippen LogP contribution in [0.4, 0.5) is 0 Å². The highest BCUT2D eigenvalue weighted by Gasteiger charge is 2.18. The van der Waals surface area contributed by atoms with Crippen LogP contribution < -0.4 is 5.32 Å². The maximum Gasteiger partial charge on any atom is 0.0638 e. The smallest absolute Gasteiger partial charge is 0.0638 e. The fourth-order valence-electron chi connectivity index (χ4n) is 2.65. The first-order chi connectivity index (χ1) is 8.72. The van der Waals surface area contributed by atoms with E-state index < -0.39 is 0 Å². The normalized spacial score (nSPS) is 19.9. The average Bonchev–Trinajstić information content (AvgIpc) is 2.99. The van der Waals surface area contributed by atoms with Crippen LogP contribution in [0, 0.1) is 6.92 Å². The zero-order chi connectivity index (χ0) is 13.0. The summed E-state index contributed by atoms with van der Waals surface area (Å²) in [6.45, 7) is 11.9. The molecule has 4 heteroatoms. The van der Waals surface area contributed by atoms with Gasteiger partial charge in [0.15, 0.2) is 0 Å². The lowest BCUT2D eigenvalue weighted by Crippen LogP contribution is -2.37. The van der Waals surface area contributed by atoms with Crippen LogP contribution >= 0.6 is 0 Å². The average molecular weight is 250 g/mol. The van der Waals surface area contributed by atoms with E-state index in [1.165, 1.54) is 30.6 Å².